The average molecular weight is 381 g/mol. The Hall–Kier alpha value is -2.03. The molecule has 0 radical (unpaired) electrons. The summed E-state index contributed by atoms with van der Waals surface area (Å²) in [4.78, 5) is 32.3. The molecule has 7 nitrogen and oxygen atoms in total. The molecule has 0 unspecified atom stereocenters. The fourth-order valence-electron chi connectivity index (χ4n) is 2.43. The van der Waals surface area contributed by atoms with Gasteiger partial charge in [0, 0.05) is 30.4 Å². The lowest BCUT2D eigenvalue weighted by molar-refractivity contribution is -0.113. The summed E-state index contributed by atoms with van der Waals surface area (Å²) in [7, 11) is 0. The molecule has 9 heteroatoms. The van der Waals surface area contributed by atoms with Crippen LogP contribution >= 0.6 is 23.4 Å². The lowest BCUT2D eigenvalue weighted by atomic mass is 10.2. The van der Waals surface area contributed by atoms with Crippen molar-refractivity contribution < 1.29 is 9.53 Å². The number of H-pyrrole nitrogens is 1. The SMILES string of the molecule is O=C(CSc1nccc(=O)[nH]1)Nc1cc(Cl)ccc1N1CCOCC1. The zero-order chi connectivity index (χ0) is 17.6. The average Bonchev–Trinajstić information content (AvgIpc) is 2.61. The van der Waals surface area contributed by atoms with Gasteiger partial charge in [0.25, 0.3) is 5.56 Å². The molecule has 2 heterocycles. The number of ether oxygens (including phenoxy) is 1. The summed E-state index contributed by atoms with van der Waals surface area (Å²) in [5.74, 6) is -0.0737. The molecule has 0 bridgehead atoms. The van der Waals surface area contributed by atoms with E-state index in [1.165, 1.54) is 12.3 Å². The zero-order valence-corrected chi connectivity index (χ0v) is 14.9. The summed E-state index contributed by atoms with van der Waals surface area (Å²) in [5, 5.41) is 3.84. The lowest BCUT2D eigenvalue weighted by Crippen LogP contribution is -2.36. The van der Waals surface area contributed by atoms with Crippen molar-refractivity contribution in [2.45, 2.75) is 5.16 Å². The van der Waals surface area contributed by atoms with E-state index in [2.05, 4.69) is 20.2 Å². The van der Waals surface area contributed by atoms with E-state index in [1.54, 1.807) is 12.1 Å². The van der Waals surface area contributed by atoms with Gasteiger partial charge in [-0.2, -0.15) is 0 Å². The quantitative estimate of drug-likeness (QED) is 0.609. The van der Waals surface area contributed by atoms with Gasteiger partial charge in [-0.3, -0.25) is 9.59 Å². The van der Waals surface area contributed by atoms with Crippen molar-refractivity contribution in [2.75, 3.05) is 42.3 Å². The number of anilines is 2. The number of amides is 1. The third-order valence-corrected chi connectivity index (χ3v) is 4.69. The normalized spacial score (nSPS) is 14.4. The molecule has 2 N–H and O–H groups in total. The Kier molecular flexibility index (Phi) is 5.95. The fourth-order valence-corrected chi connectivity index (χ4v) is 3.25. The summed E-state index contributed by atoms with van der Waals surface area (Å²) < 4.78 is 5.37. The van der Waals surface area contributed by atoms with Crippen LogP contribution in [0.25, 0.3) is 0 Å². The summed E-state index contributed by atoms with van der Waals surface area (Å²) in [6.07, 6.45) is 1.41. The van der Waals surface area contributed by atoms with Crippen LogP contribution in [-0.4, -0.2) is 47.9 Å². The summed E-state index contributed by atoms with van der Waals surface area (Å²) in [5.41, 5.74) is 1.33. The Morgan fingerprint density at radius 2 is 2.16 bits per heavy atom. The predicted octanol–water partition coefficient (Wildman–Crippen LogP) is 1.99. The Morgan fingerprint density at radius 3 is 2.92 bits per heavy atom. The Morgan fingerprint density at radius 1 is 1.36 bits per heavy atom. The topological polar surface area (TPSA) is 87.3 Å². The molecular formula is C16H17ClN4O3S. The maximum Gasteiger partial charge on any atom is 0.251 e. The molecule has 0 aliphatic carbocycles. The van der Waals surface area contributed by atoms with Crippen LogP contribution in [0.5, 0.6) is 0 Å². The highest BCUT2D eigenvalue weighted by Gasteiger charge is 2.16. The minimum Gasteiger partial charge on any atom is -0.378 e. The second-order valence-corrected chi connectivity index (χ2v) is 6.74. The number of thioether (sulfide) groups is 1. The second kappa shape index (κ2) is 8.37. The van der Waals surface area contributed by atoms with Crippen molar-refractivity contribution in [1.82, 2.24) is 9.97 Å². The monoisotopic (exact) mass is 380 g/mol. The van der Waals surface area contributed by atoms with E-state index >= 15 is 0 Å². The fraction of sp³-hybridized carbons (Fsp3) is 0.312. The van der Waals surface area contributed by atoms with Gasteiger partial charge in [0.15, 0.2) is 5.16 Å². The van der Waals surface area contributed by atoms with Gasteiger partial charge in [0.05, 0.1) is 30.3 Å². The van der Waals surface area contributed by atoms with Crippen LogP contribution in [0.2, 0.25) is 5.02 Å². The highest BCUT2D eigenvalue weighted by Crippen LogP contribution is 2.30. The second-order valence-electron chi connectivity index (χ2n) is 5.34. The Bertz CT molecular complexity index is 808. The molecule has 1 aliphatic heterocycles. The standard InChI is InChI=1S/C16H17ClN4O3S/c17-11-1-2-13(21-5-7-24-8-6-21)12(9-11)19-15(23)10-25-16-18-4-3-14(22)20-16/h1-4,9H,5-8,10H2,(H,19,23)(H,18,20,22). The number of carbonyl (C=O) groups excluding carboxylic acids is 1. The molecule has 1 fully saturated rings. The zero-order valence-electron chi connectivity index (χ0n) is 13.3. The molecule has 0 atom stereocenters. The van der Waals surface area contributed by atoms with E-state index in [-0.39, 0.29) is 17.2 Å². The minimum absolute atomic E-state index is 0.127. The molecular weight excluding hydrogens is 364 g/mol. The van der Waals surface area contributed by atoms with Crippen LogP contribution in [0.4, 0.5) is 11.4 Å². The number of aromatic amines is 1. The molecule has 1 aliphatic rings. The molecule has 1 aromatic heterocycles. The van der Waals surface area contributed by atoms with Crippen LogP contribution in [0.1, 0.15) is 0 Å². The number of hydrogen-bond donors (Lipinski definition) is 2. The molecule has 3 rings (SSSR count). The van der Waals surface area contributed by atoms with E-state index in [0.29, 0.717) is 29.1 Å². The summed E-state index contributed by atoms with van der Waals surface area (Å²) in [6.45, 7) is 2.82. The summed E-state index contributed by atoms with van der Waals surface area (Å²) >= 11 is 7.24. The van der Waals surface area contributed by atoms with Gasteiger partial charge >= 0.3 is 0 Å². The van der Waals surface area contributed by atoms with E-state index < -0.39 is 0 Å². The molecule has 2 aromatic rings. The molecule has 132 valence electrons. The van der Waals surface area contributed by atoms with Crippen molar-refractivity contribution in [3.05, 3.63) is 45.8 Å². The van der Waals surface area contributed by atoms with Crippen LogP contribution in [-0.2, 0) is 9.53 Å². The number of nitrogens with one attached hydrogen (secondary N) is 2. The van der Waals surface area contributed by atoms with Crippen LogP contribution in [0.3, 0.4) is 0 Å². The first-order chi connectivity index (χ1) is 12.1. The lowest BCUT2D eigenvalue weighted by Gasteiger charge is -2.30. The first kappa shape index (κ1) is 17.8. The van der Waals surface area contributed by atoms with Gasteiger partial charge in [-0.25, -0.2) is 4.98 Å². The van der Waals surface area contributed by atoms with Gasteiger partial charge in [0.1, 0.15) is 0 Å². The smallest absolute Gasteiger partial charge is 0.251 e. The van der Waals surface area contributed by atoms with Crippen molar-refractivity contribution in [3.8, 4) is 0 Å². The number of aromatic nitrogens is 2. The van der Waals surface area contributed by atoms with Gasteiger partial charge in [-0.15, -0.1) is 0 Å². The van der Waals surface area contributed by atoms with Crippen molar-refractivity contribution >= 4 is 40.6 Å². The van der Waals surface area contributed by atoms with E-state index in [0.717, 1.165) is 30.5 Å². The number of rotatable bonds is 5. The van der Waals surface area contributed by atoms with Crippen molar-refractivity contribution in [3.63, 3.8) is 0 Å². The predicted molar refractivity (Wildman–Crippen MR) is 98.7 cm³/mol. The number of halogens is 1. The number of morpholine rings is 1. The van der Waals surface area contributed by atoms with E-state index in [4.69, 9.17) is 16.3 Å². The number of hydrogen-bond acceptors (Lipinski definition) is 6. The maximum absolute atomic E-state index is 12.3. The molecule has 0 saturated carbocycles. The van der Waals surface area contributed by atoms with E-state index in [9.17, 15) is 9.59 Å². The molecule has 1 aromatic carbocycles. The van der Waals surface area contributed by atoms with Crippen molar-refractivity contribution in [1.29, 1.82) is 0 Å². The van der Waals surface area contributed by atoms with Crippen LogP contribution in [0, 0.1) is 0 Å². The first-order valence-electron chi connectivity index (χ1n) is 7.72. The first-order valence-corrected chi connectivity index (χ1v) is 9.08. The van der Waals surface area contributed by atoms with Crippen LogP contribution < -0.4 is 15.8 Å². The summed E-state index contributed by atoms with van der Waals surface area (Å²) in [6, 6.07) is 6.75. The molecule has 0 spiro atoms. The third-order valence-electron chi connectivity index (χ3n) is 3.57. The highest BCUT2D eigenvalue weighted by molar-refractivity contribution is 7.99. The van der Waals surface area contributed by atoms with Gasteiger partial charge < -0.3 is 19.9 Å². The van der Waals surface area contributed by atoms with Gasteiger partial charge in [-0.05, 0) is 18.2 Å². The molecule has 1 amide bonds. The minimum atomic E-state index is -0.248. The number of carbonyl (C=O) groups is 1. The van der Waals surface area contributed by atoms with Crippen LogP contribution in [0.15, 0.2) is 40.4 Å². The largest absolute Gasteiger partial charge is 0.378 e. The van der Waals surface area contributed by atoms with Gasteiger partial charge in [0.2, 0.25) is 5.91 Å². The number of benzene rings is 1. The molecule has 25 heavy (non-hydrogen) atoms. The highest BCUT2D eigenvalue weighted by atomic mass is 35.5. The maximum atomic E-state index is 12.3. The number of nitrogens with zero attached hydrogens (tertiary/aromatic N) is 2. The van der Waals surface area contributed by atoms with E-state index in [1.807, 2.05) is 6.07 Å². The van der Waals surface area contributed by atoms with Gasteiger partial charge in [-0.1, -0.05) is 23.4 Å². The Labute approximate surface area is 153 Å². The Balaban J connectivity index is 1.67. The van der Waals surface area contributed by atoms with Crippen molar-refractivity contribution in [2.24, 2.45) is 0 Å². The third kappa shape index (κ3) is 4.97. The molecule has 1 saturated heterocycles.